The maximum absolute atomic E-state index is 12.3. The van der Waals surface area contributed by atoms with Crippen molar-refractivity contribution in [2.24, 2.45) is 11.1 Å². The maximum atomic E-state index is 12.3. The molecule has 0 radical (unpaired) electrons. The second-order valence-corrected chi connectivity index (χ2v) is 5.70. The molecule has 0 spiro atoms. The van der Waals surface area contributed by atoms with Crippen molar-refractivity contribution >= 4 is 24.3 Å². The van der Waals surface area contributed by atoms with Gasteiger partial charge in [0.05, 0.1) is 18.1 Å². The van der Waals surface area contributed by atoms with E-state index in [1.165, 1.54) is 7.11 Å². The van der Waals surface area contributed by atoms with E-state index in [4.69, 9.17) is 10.5 Å². The van der Waals surface area contributed by atoms with Crippen LogP contribution in [-0.2, 0) is 14.3 Å². The fourth-order valence-electron chi connectivity index (χ4n) is 2.53. The highest BCUT2D eigenvalue weighted by molar-refractivity contribution is 5.87. The Bertz CT molecular complexity index is 347. The van der Waals surface area contributed by atoms with Gasteiger partial charge in [0.25, 0.3) is 0 Å². The molecule has 1 aliphatic rings. The van der Waals surface area contributed by atoms with Crippen LogP contribution in [0.5, 0.6) is 0 Å². The SMILES string of the molecule is CCCC(C)(N)C(=O)N1CCC(C)(C(=O)OC)C1.Cl. The lowest BCUT2D eigenvalue weighted by Gasteiger charge is -2.29. The molecule has 1 rings (SSSR count). The third kappa shape index (κ3) is 3.83. The Kier molecular flexibility index (Phi) is 6.29. The molecule has 5 nitrogen and oxygen atoms in total. The predicted octanol–water partition coefficient (Wildman–Crippen LogP) is 1.34. The van der Waals surface area contributed by atoms with Crippen molar-refractivity contribution < 1.29 is 14.3 Å². The van der Waals surface area contributed by atoms with E-state index in [0.29, 0.717) is 25.9 Å². The minimum Gasteiger partial charge on any atom is -0.469 e. The van der Waals surface area contributed by atoms with Crippen molar-refractivity contribution in [1.29, 1.82) is 0 Å². The molecule has 0 aromatic heterocycles. The first-order valence-electron chi connectivity index (χ1n) is 6.43. The standard InChI is InChI=1S/C13H24N2O3.ClH/c1-5-6-13(3,14)10(16)15-8-7-12(2,9-15)11(17)18-4;/h5-9,14H2,1-4H3;1H. The first-order chi connectivity index (χ1) is 8.27. The summed E-state index contributed by atoms with van der Waals surface area (Å²) in [7, 11) is 1.38. The quantitative estimate of drug-likeness (QED) is 0.794. The minimum absolute atomic E-state index is 0. The topological polar surface area (TPSA) is 72.6 Å². The average molecular weight is 293 g/mol. The van der Waals surface area contributed by atoms with Crippen molar-refractivity contribution in [2.45, 2.75) is 45.6 Å². The molecule has 1 amide bonds. The highest BCUT2D eigenvalue weighted by atomic mass is 35.5. The Balaban J connectivity index is 0.00000324. The van der Waals surface area contributed by atoms with Crippen molar-refractivity contribution in [3.05, 3.63) is 0 Å². The highest BCUT2D eigenvalue weighted by Gasteiger charge is 2.45. The molecule has 2 unspecified atom stereocenters. The monoisotopic (exact) mass is 292 g/mol. The summed E-state index contributed by atoms with van der Waals surface area (Å²) >= 11 is 0. The number of hydrogen-bond donors (Lipinski definition) is 1. The second kappa shape index (κ2) is 6.57. The Morgan fingerprint density at radius 3 is 2.53 bits per heavy atom. The number of carbonyl (C=O) groups is 2. The van der Waals surface area contributed by atoms with Gasteiger partial charge in [0.15, 0.2) is 0 Å². The van der Waals surface area contributed by atoms with Crippen molar-refractivity contribution in [3.8, 4) is 0 Å². The lowest BCUT2D eigenvalue weighted by atomic mass is 9.90. The van der Waals surface area contributed by atoms with Gasteiger partial charge < -0.3 is 15.4 Å². The van der Waals surface area contributed by atoms with Crippen LogP contribution in [0.1, 0.15) is 40.0 Å². The summed E-state index contributed by atoms with van der Waals surface area (Å²) in [6.07, 6.45) is 2.14. The molecule has 0 aromatic rings. The fraction of sp³-hybridized carbons (Fsp3) is 0.846. The summed E-state index contributed by atoms with van der Waals surface area (Å²) in [5.74, 6) is -0.330. The molecule has 1 aliphatic heterocycles. The number of nitrogens with zero attached hydrogens (tertiary/aromatic N) is 1. The lowest BCUT2D eigenvalue weighted by Crippen LogP contribution is -2.53. The van der Waals surface area contributed by atoms with E-state index < -0.39 is 11.0 Å². The Morgan fingerprint density at radius 2 is 2.05 bits per heavy atom. The van der Waals surface area contributed by atoms with Crippen molar-refractivity contribution in [1.82, 2.24) is 4.90 Å². The molecular formula is C13H25ClN2O3. The van der Waals surface area contributed by atoms with Crippen molar-refractivity contribution in [2.75, 3.05) is 20.2 Å². The number of nitrogens with two attached hydrogens (primary N) is 1. The summed E-state index contributed by atoms with van der Waals surface area (Å²) in [6, 6.07) is 0. The first kappa shape index (κ1) is 18.2. The van der Waals surface area contributed by atoms with Gasteiger partial charge in [0, 0.05) is 13.1 Å². The predicted molar refractivity (Wildman–Crippen MR) is 76.1 cm³/mol. The number of methoxy groups -OCH3 is 1. The number of likely N-dealkylation sites (tertiary alicyclic amines) is 1. The zero-order chi connectivity index (χ0) is 14.0. The molecule has 1 heterocycles. The van der Waals surface area contributed by atoms with Gasteiger partial charge in [0.1, 0.15) is 0 Å². The molecule has 0 aliphatic carbocycles. The molecule has 19 heavy (non-hydrogen) atoms. The van der Waals surface area contributed by atoms with Crippen LogP contribution in [0, 0.1) is 5.41 Å². The number of esters is 1. The number of ether oxygens (including phenoxy) is 1. The molecule has 0 aromatic carbocycles. The van der Waals surface area contributed by atoms with Gasteiger partial charge in [-0.3, -0.25) is 9.59 Å². The van der Waals surface area contributed by atoms with Crippen molar-refractivity contribution in [3.63, 3.8) is 0 Å². The Hall–Kier alpha value is -0.810. The van der Waals surface area contributed by atoms with Gasteiger partial charge >= 0.3 is 5.97 Å². The van der Waals surface area contributed by atoms with Crippen LogP contribution in [0.15, 0.2) is 0 Å². The molecule has 6 heteroatoms. The third-order valence-electron chi connectivity index (χ3n) is 3.70. The molecule has 112 valence electrons. The van der Waals surface area contributed by atoms with Gasteiger partial charge in [0.2, 0.25) is 5.91 Å². The van der Waals surface area contributed by atoms with E-state index in [-0.39, 0.29) is 24.3 Å². The second-order valence-electron chi connectivity index (χ2n) is 5.70. The van der Waals surface area contributed by atoms with Crippen LogP contribution >= 0.6 is 12.4 Å². The smallest absolute Gasteiger partial charge is 0.313 e. The van der Waals surface area contributed by atoms with E-state index in [0.717, 1.165) is 6.42 Å². The summed E-state index contributed by atoms with van der Waals surface area (Å²) in [5.41, 5.74) is 4.61. The molecule has 1 fully saturated rings. The van der Waals surface area contributed by atoms with Crippen LogP contribution < -0.4 is 5.73 Å². The van der Waals surface area contributed by atoms with E-state index >= 15 is 0 Å². The van der Waals surface area contributed by atoms with Gasteiger partial charge in [-0.25, -0.2) is 0 Å². The average Bonchev–Trinajstić information content (AvgIpc) is 2.71. The minimum atomic E-state index is -0.837. The zero-order valence-corrected chi connectivity index (χ0v) is 13.0. The number of hydrogen-bond acceptors (Lipinski definition) is 4. The van der Waals surface area contributed by atoms with Crippen LogP contribution in [0.4, 0.5) is 0 Å². The number of carbonyl (C=O) groups excluding carboxylic acids is 2. The summed E-state index contributed by atoms with van der Waals surface area (Å²) in [5, 5.41) is 0. The first-order valence-corrected chi connectivity index (χ1v) is 6.43. The molecular weight excluding hydrogens is 268 g/mol. The summed E-state index contributed by atoms with van der Waals surface area (Å²) < 4.78 is 4.79. The van der Waals surface area contributed by atoms with E-state index in [2.05, 4.69) is 0 Å². The highest BCUT2D eigenvalue weighted by Crippen LogP contribution is 2.32. The number of rotatable bonds is 4. The normalized spacial score (nSPS) is 25.4. The third-order valence-corrected chi connectivity index (χ3v) is 3.70. The van der Waals surface area contributed by atoms with Crippen LogP contribution in [0.2, 0.25) is 0 Å². The van der Waals surface area contributed by atoms with E-state index in [1.807, 2.05) is 13.8 Å². The molecule has 2 N–H and O–H groups in total. The van der Waals surface area contributed by atoms with Gasteiger partial charge in [-0.2, -0.15) is 0 Å². The maximum Gasteiger partial charge on any atom is 0.313 e. The molecule has 0 saturated carbocycles. The Morgan fingerprint density at radius 1 is 1.47 bits per heavy atom. The number of amides is 1. The lowest BCUT2D eigenvalue weighted by molar-refractivity contribution is -0.151. The van der Waals surface area contributed by atoms with Crippen LogP contribution in [-0.4, -0.2) is 42.5 Å². The van der Waals surface area contributed by atoms with Gasteiger partial charge in [-0.05, 0) is 26.7 Å². The number of halogens is 1. The summed E-state index contributed by atoms with van der Waals surface area (Å²) in [6.45, 7) is 6.56. The molecule has 2 atom stereocenters. The van der Waals surface area contributed by atoms with E-state index in [9.17, 15) is 9.59 Å². The molecule has 0 bridgehead atoms. The fourth-order valence-corrected chi connectivity index (χ4v) is 2.53. The molecule has 1 saturated heterocycles. The van der Waals surface area contributed by atoms with Gasteiger partial charge in [-0.15, -0.1) is 12.4 Å². The largest absolute Gasteiger partial charge is 0.469 e. The summed E-state index contributed by atoms with van der Waals surface area (Å²) in [4.78, 5) is 25.7. The van der Waals surface area contributed by atoms with Crippen LogP contribution in [0.25, 0.3) is 0 Å². The Labute approximate surface area is 121 Å². The van der Waals surface area contributed by atoms with Crippen LogP contribution in [0.3, 0.4) is 0 Å². The van der Waals surface area contributed by atoms with Gasteiger partial charge in [-0.1, -0.05) is 13.3 Å². The van der Waals surface area contributed by atoms with E-state index in [1.54, 1.807) is 11.8 Å². The zero-order valence-electron chi connectivity index (χ0n) is 12.2.